The van der Waals surface area contributed by atoms with Gasteiger partial charge in [-0.3, -0.25) is 0 Å². The van der Waals surface area contributed by atoms with E-state index in [9.17, 15) is 4.39 Å². The molecule has 0 aliphatic heterocycles. The first-order valence-electron chi connectivity index (χ1n) is 6.21. The zero-order valence-corrected chi connectivity index (χ0v) is 11.8. The number of hydrogen-bond acceptors (Lipinski definition) is 3. The maximum absolute atomic E-state index is 13.0. The zero-order chi connectivity index (χ0) is 13.2. The van der Waals surface area contributed by atoms with Crippen molar-refractivity contribution in [2.45, 2.75) is 18.9 Å². The Balaban J connectivity index is 1.86. The van der Waals surface area contributed by atoms with E-state index in [0.29, 0.717) is 5.92 Å². The van der Waals surface area contributed by atoms with Crippen molar-refractivity contribution in [3.05, 3.63) is 52.6 Å². The highest BCUT2D eigenvalue weighted by atomic mass is 79.9. The van der Waals surface area contributed by atoms with Gasteiger partial charge in [-0.15, -0.1) is 0 Å². The summed E-state index contributed by atoms with van der Waals surface area (Å²) in [7, 11) is 0. The third-order valence-corrected chi connectivity index (χ3v) is 3.86. The highest BCUT2D eigenvalue weighted by Gasteiger charge is 2.32. The molecule has 1 aromatic heterocycles. The van der Waals surface area contributed by atoms with E-state index in [-0.39, 0.29) is 11.9 Å². The van der Waals surface area contributed by atoms with Gasteiger partial charge >= 0.3 is 0 Å². The molecule has 2 aromatic rings. The Morgan fingerprint density at radius 2 is 2.00 bits per heavy atom. The van der Waals surface area contributed by atoms with Gasteiger partial charge in [0.25, 0.3) is 0 Å². The van der Waals surface area contributed by atoms with Crippen LogP contribution in [-0.2, 0) is 0 Å². The Morgan fingerprint density at radius 1 is 1.26 bits per heavy atom. The lowest BCUT2D eigenvalue weighted by molar-refractivity contribution is 0.622. The predicted molar refractivity (Wildman–Crippen MR) is 75.2 cm³/mol. The molecule has 3 rings (SSSR count). The average Bonchev–Trinajstić information content (AvgIpc) is 3.24. The van der Waals surface area contributed by atoms with Crippen molar-refractivity contribution >= 4 is 21.7 Å². The van der Waals surface area contributed by atoms with Gasteiger partial charge in [0.1, 0.15) is 18.0 Å². The summed E-state index contributed by atoms with van der Waals surface area (Å²) in [5, 5.41) is 3.42. The Kier molecular flexibility index (Phi) is 3.46. The molecule has 98 valence electrons. The van der Waals surface area contributed by atoms with Crippen molar-refractivity contribution in [3.63, 3.8) is 0 Å². The van der Waals surface area contributed by atoms with E-state index in [2.05, 4.69) is 31.2 Å². The Hall–Kier alpha value is -1.49. The van der Waals surface area contributed by atoms with Crippen LogP contribution in [0.1, 0.15) is 24.4 Å². The largest absolute Gasteiger partial charge is 0.362 e. The lowest BCUT2D eigenvalue weighted by Crippen LogP contribution is -2.14. The summed E-state index contributed by atoms with van der Waals surface area (Å²) in [6.45, 7) is 0. The summed E-state index contributed by atoms with van der Waals surface area (Å²) in [6.07, 6.45) is 5.61. The molecule has 19 heavy (non-hydrogen) atoms. The quantitative estimate of drug-likeness (QED) is 0.926. The van der Waals surface area contributed by atoms with E-state index in [1.54, 1.807) is 6.20 Å². The van der Waals surface area contributed by atoms with Crippen molar-refractivity contribution in [3.8, 4) is 0 Å². The Bertz CT molecular complexity index is 569. The second-order valence-electron chi connectivity index (χ2n) is 4.73. The van der Waals surface area contributed by atoms with Gasteiger partial charge in [0, 0.05) is 6.20 Å². The maximum atomic E-state index is 13.0. The second kappa shape index (κ2) is 5.25. The molecular weight excluding hydrogens is 309 g/mol. The topological polar surface area (TPSA) is 37.8 Å². The molecule has 1 saturated carbocycles. The van der Waals surface area contributed by atoms with E-state index in [4.69, 9.17) is 0 Å². The third kappa shape index (κ3) is 2.92. The highest BCUT2D eigenvalue weighted by Crippen LogP contribution is 2.43. The maximum Gasteiger partial charge on any atom is 0.144 e. The van der Waals surface area contributed by atoms with Gasteiger partial charge in [-0.05, 0) is 52.4 Å². The number of benzene rings is 1. The predicted octanol–water partition coefficient (Wildman–Crippen LogP) is 3.94. The molecule has 0 amide bonds. The van der Waals surface area contributed by atoms with Crippen molar-refractivity contribution in [1.29, 1.82) is 0 Å². The number of halogens is 2. The lowest BCUT2D eigenvalue weighted by atomic mass is 10.0. The number of aromatic nitrogens is 2. The zero-order valence-electron chi connectivity index (χ0n) is 10.2. The molecule has 1 aliphatic rings. The molecule has 1 aliphatic carbocycles. The molecule has 1 aromatic carbocycles. The third-order valence-electron chi connectivity index (χ3n) is 3.28. The van der Waals surface area contributed by atoms with Crippen LogP contribution in [0.25, 0.3) is 0 Å². The van der Waals surface area contributed by atoms with Crippen molar-refractivity contribution < 1.29 is 4.39 Å². The SMILES string of the molecule is Fc1ccc([C@@H](Nc2ncncc2Br)C2CC2)cc1. The van der Waals surface area contributed by atoms with Crippen LogP contribution in [0.3, 0.4) is 0 Å². The van der Waals surface area contributed by atoms with Crippen LogP contribution in [0.5, 0.6) is 0 Å². The summed E-state index contributed by atoms with van der Waals surface area (Å²) in [4.78, 5) is 8.18. The number of rotatable bonds is 4. The first kappa shape index (κ1) is 12.5. The van der Waals surface area contributed by atoms with Crippen LogP contribution in [0.15, 0.2) is 41.3 Å². The molecule has 1 N–H and O–H groups in total. The minimum atomic E-state index is -0.207. The molecule has 1 atom stereocenters. The molecule has 0 spiro atoms. The summed E-state index contributed by atoms with van der Waals surface area (Å²) in [5.74, 6) is 1.16. The summed E-state index contributed by atoms with van der Waals surface area (Å²) in [6, 6.07) is 6.84. The van der Waals surface area contributed by atoms with Crippen LogP contribution >= 0.6 is 15.9 Å². The first-order chi connectivity index (χ1) is 9.24. The monoisotopic (exact) mass is 321 g/mol. The molecule has 0 radical (unpaired) electrons. The van der Waals surface area contributed by atoms with Gasteiger partial charge in [0.05, 0.1) is 10.5 Å². The molecular formula is C14H13BrFN3. The fourth-order valence-corrected chi connectivity index (χ4v) is 2.47. The van der Waals surface area contributed by atoms with Gasteiger partial charge in [-0.2, -0.15) is 0 Å². The number of nitrogens with zero attached hydrogens (tertiary/aromatic N) is 2. The van der Waals surface area contributed by atoms with E-state index in [1.807, 2.05) is 12.1 Å². The number of hydrogen-bond donors (Lipinski definition) is 1. The fraction of sp³-hybridized carbons (Fsp3) is 0.286. The standard InChI is InChI=1S/C14H13BrFN3/c15-12-7-17-8-18-14(12)19-13(9-1-2-9)10-3-5-11(16)6-4-10/h3-9,13H,1-2H2,(H,17,18,19)/t13-/m0/s1. The molecule has 3 nitrogen and oxygen atoms in total. The molecule has 0 saturated heterocycles. The Morgan fingerprint density at radius 3 is 2.63 bits per heavy atom. The summed E-state index contributed by atoms with van der Waals surface area (Å²) >= 11 is 3.43. The van der Waals surface area contributed by atoms with Crippen molar-refractivity contribution in [1.82, 2.24) is 9.97 Å². The number of anilines is 1. The van der Waals surface area contributed by atoms with Gasteiger partial charge in [-0.25, -0.2) is 14.4 Å². The van der Waals surface area contributed by atoms with E-state index in [1.165, 1.54) is 31.3 Å². The normalized spacial score (nSPS) is 16.1. The molecule has 5 heteroatoms. The van der Waals surface area contributed by atoms with Crippen molar-refractivity contribution in [2.24, 2.45) is 5.92 Å². The van der Waals surface area contributed by atoms with Crippen LogP contribution in [0.4, 0.5) is 10.2 Å². The van der Waals surface area contributed by atoms with Gasteiger partial charge in [0.15, 0.2) is 0 Å². The smallest absolute Gasteiger partial charge is 0.144 e. The molecule has 0 bridgehead atoms. The van der Waals surface area contributed by atoms with Crippen molar-refractivity contribution in [2.75, 3.05) is 5.32 Å². The molecule has 1 heterocycles. The minimum Gasteiger partial charge on any atom is -0.362 e. The average molecular weight is 322 g/mol. The van der Waals surface area contributed by atoms with Crippen LogP contribution in [0, 0.1) is 11.7 Å². The van der Waals surface area contributed by atoms with Gasteiger partial charge < -0.3 is 5.32 Å². The van der Waals surface area contributed by atoms with Gasteiger partial charge in [0.2, 0.25) is 0 Å². The van der Waals surface area contributed by atoms with Crippen LogP contribution in [-0.4, -0.2) is 9.97 Å². The second-order valence-corrected chi connectivity index (χ2v) is 5.58. The first-order valence-corrected chi connectivity index (χ1v) is 7.01. The summed E-state index contributed by atoms with van der Waals surface area (Å²) in [5.41, 5.74) is 1.09. The minimum absolute atomic E-state index is 0.173. The summed E-state index contributed by atoms with van der Waals surface area (Å²) < 4.78 is 13.8. The van der Waals surface area contributed by atoms with E-state index in [0.717, 1.165) is 15.9 Å². The lowest BCUT2D eigenvalue weighted by Gasteiger charge is -2.20. The van der Waals surface area contributed by atoms with Crippen LogP contribution < -0.4 is 5.32 Å². The highest BCUT2D eigenvalue weighted by molar-refractivity contribution is 9.10. The Labute approximate surface area is 119 Å². The molecule has 0 unspecified atom stereocenters. The fourth-order valence-electron chi connectivity index (χ4n) is 2.14. The molecule has 1 fully saturated rings. The van der Waals surface area contributed by atoms with E-state index < -0.39 is 0 Å². The van der Waals surface area contributed by atoms with Crippen LogP contribution in [0.2, 0.25) is 0 Å². The van der Waals surface area contributed by atoms with Gasteiger partial charge in [-0.1, -0.05) is 12.1 Å². The van der Waals surface area contributed by atoms with E-state index >= 15 is 0 Å². The number of nitrogens with one attached hydrogen (secondary N) is 1.